The highest BCUT2D eigenvalue weighted by Crippen LogP contribution is 2.26. The van der Waals surface area contributed by atoms with Crippen LogP contribution in [-0.4, -0.2) is 23.9 Å². The minimum Gasteiger partial charge on any atom is -0.457 e. The smallest absolute Gasteiger partial charge is 0.253 e. The molecule has 0 spiro atoms. The highest BCUT2D eigenvalue weighted by atomic mass is 16.5. The number of nitrogens with zero attached hydrogens (tertiary/aromatic N) is 1. The fourth-order valence-corrected chi connectivity index (χ4v) is 3.24. The molecular formula is C21H25NO2. The van der Waals surface area contributed by atoms with E-state index >= 15 is 0 Å². The number of hydrogen-bond acceptors (Lipinski definition) is 2. The van der Waals surface area contributed by atoms with Crippen molar-refractivity contribution in [1.29, 1.82) is 0 Å². The van der Waals surface area contributed by atoms with Crippen LogP contribution in [0.2, 0.25) is 0 Å². The Morgan fingerprint density at radius 1 is 0.958 bits per heavy atom. The first kappa shape index (κ1) is 16.6. The summed E-state index contributed by atoms with van der Waals surface area (Å²) in [4.78, 5) is 14.6. The van der Waals surface area contributed by atoms with Crippen molar-refractivity contribution in [2.45, 2.75) is 26.7 Å². The summed E-state index contributed by atoms with van der Waals surface area (Å²) in [6, 6.07) is 17.1. The Morgan fingerprint density at radius 3 is 2.12 bits per heavy atom. The highest BCUT2D eigenvalue weighted by Gasteiger charge is 2.25. The van der Waals surface area contributed by atoms with Gasteiger partial charge in [0.2, 0.25) is 0 Å². The second kappa shape index (κ2) is 7.52. The molecule has 1 saturated heterocycles. The van der Waals surface area contributed by atoms with Crippen molar-refractivity contribution in [3.05, 3.63) is 60.2 Å². The fraction of sp³-hybridized carbons (Fsp3) is 0.381. The lowest BCUT2D eigenvalue weighted by Gasteiger charge is -2.34. The van der Waals surface area contributed by atoms with Crippen LogP contribution in [0.3, 0.4) is 0 Å². The van der Waals surface area contributed by atoms with E-state index in [9.17, 15) is 4.79 Å². The maximum absolute atomic E-state index is 12.6. The minimum absolute atomic E-state index is 0.128. The van der Waals surface area contributed by atoms with Gasteiger partial charge in [0, 0.05) is 18.7 Å². The molecule has 3 rings (SSSR count). The first-order valence-electron chi connectivity index (χ1n) is 8.76. The third-order valence-corrected chi connectivity index (χ3v) is 4.85. The van der Waals surface area contributed by atoms with Gasteiger partial charge in [0.05, 0.1) is 0 Å². The average Bonchev–Trinajstić information content (AvgIpc) is 2.63. The summed E-state index contributed by atoms with van der Waals surface area (Å²) >= 11 is 0. The number of benzene rings is 2. The summed E-state index contributed by atoms with van der Waals surface area (Å²) in [7, 11) is 0. The van der Waals surface area contributed by atoms with Crippen LogP contribution in [0.25, 0.3) is 0 Å². The summed E-state index contributed by atoms with van der Waals surface area (Å²) in [6.45, 7) is 6.27. The van der Waals surface area contributed by atoms with Crippen LogP contribution < -0.4 is 4.74 Å². The van der Waals surface area contributed by atoms with E-state index in [1.165, 1.54) is 0 Å². The molecule has 0 radical (unpaired) electrons. The van der Waals surface area contributed by atoms with E-state index in [0.717, 1.165) is 48.9 Å². The molecule has 1 amide bonds. The lowest BCUT2D eigenvalue weighted by atomic mass is 9.86. The Labute approximate surface area is 144 Å². The molecule has 2 aromatic carbocycles. The van der Waals surface area contributed by atoms with Gasteiger partial charge in [0.15, 0.2) is 0 Å². The van der Waals surface area contributed by atoms with Gasteiger partial charge in [-0.05, 0) is 61.1 Å². The molecule has 0 bridgehead atoms. The van der Waals surface area contributed by atoms with Gasteiger partial charge in [-0.2, -0.15) is 0 Å². The molecular weight excluding hydrogens is 298 g/mol. The largest absolute Gasteiger partial charge is 0.457 e. The van der Waals surface area contributed by atoms with Gasteiger partial charge >= 0.3 is 0 Å². The molecule has 1 aliphatic heterocycles. The van der Waals surface area contributed by atoms with Crippen molar-refractivity contribution in [2.75, 3.05) is 13.1 Å². The lowest BCUT2D eigenvalue weighted by molar-refractivity contribution is 0.0667. The number of hydrogen-bond donors (Lipinski definition) is 0. The molecule has 1 fully saturated rings. The molecule has 1 aliphatic rings. The van der Waals surface area contributed by atoms with E-state index in [1.54, 1.807) is 0 Å². The van der Waals surface area contributed by atoms with Crippen molar-refractivity contribution in [3.8, 4) is 11.5 Å². The number of para-hydroxylation sites is 1. The molecule has 2 aromatic rings. The van der Waals surface area contributed by atoms with Crippen molar-refractivity contribution in [1.82, 2.24) is 4.90 Å². The third kappa shape index (κ3) is 3.97. The summed E-state index contributed by atoms with van der Waals surface area (Å²) in [6.07, 6.45) is 2.22. The van der Waals surface area contributed by atoms with Gasteiger partial charge in [0.1, 0.15) is 11.5 Å². The number of rotatable bonds is 4. The zero-order valence-corrected chi connectivity index (χ0v) is 14.4. The molecule has 24 heavy (non-hydrogen) atoms. The average molecular weight is 323 g/mol. The van der Waals surface area contributed by atoms with Gasteiger partial charge in [-0.1, -0.05) is 32.0 Å². The molecule has 0 atom stereocenters. The molecule has 1 heterocycles. The highest BCUT2D eigenvalue weighted by molar-refractivity contribution is 5.94. The second-order valence-corrected chi connectivity index (χ2v) is 6.81. The predicted molar refractivity (Wildman–Crippen MR) is 96.4 cm³/mol. The van der Waals surface area contributed by atoms with Crippen LogP contribution in [0.5, 0.6) is 11.5 Å². The van der Waals surface area contributed by atoms with Gasteiger partial charge < -0.3 is 9.64 Å². The Morgan fingerprint density at radius 2 is 1.54 bits per heavy atom. The van der Waals surface area contributed by atoms with Crippen LogP contribution in [0.4, 0.5) is 0 Å². The number of ether oxygens (including phenoxy) is 1. The van der Waals surface area contributed by atoms with E-state index in [2.05, 4.69) is 13.8 Å². The topological polar surface area (TPSA) is 29.5 Å². The Balaban J connectivity index is 1.60. The summed E-state index contributed by atoms with van der Waals surface area (Å²) in [5, 5.41) is 0. The maximum Gasteiger partial charge on any atom is 0.253 e. The van der Waals surface area contributed by atoms with Crippen LogP contribution in [0.1, 0.15) is 37.0 Å². The zero-order valence-electron chi connectivity index (χ0n) is 14.4. The van der Waals surface area contributed by atoms with Gasteiger partial charge in [-0.15, -0.1) is 0 Å². The molecule has 3 nitrogen and oxygen atoms in total. The molecule has 0 unspecified atom stereocenters. The van der Waals surface area contributed by atoms with Crippen molar-refractivity contribution >= 4 is 5.91 Å². The van der Waals surface area contributed by atoms with Crippen LogP contribution in [-0.2, 0) is 0 Å². The summed E-state index contributed by atoms with van der Waals surface area (Å²) in [5.41, 5.74) is 0.735. The Kier molecular flexibility index (Phi) is 5.19. The SMILES string of the molecule is CC(C)C1CCN(C(=O)c2ccc(Oc3ccccc3)cc2)CC1. The number of piperidine rings is 1. The lowest BCUT2D eigenvalue weighted by Crippen LogP contribution is -2.39. The molecule has 0 N–H and O–H groups in total. The maximum atomic E-state index is 12.6. The molecule has 0 saturated carbocycles. The predicted octanol–water partition coefficient (Wildman–Crippen LogP) is 4.99. The first-order valence-corrected chi connectivity index (χ1v) is 8.76. The summed E-state index contributed by atoms with van der Waals surface area (Å²) in [5.74, 6) is 3.12. The quantitative estimate of drug-likeness (QED) is 0.793. The van der Waals surface area contributed by atoms with Crippen LogP contribution in [0.15, 0.2) is 54.6 Å². The molecule has 0 aromatic heterocycles. The zero-order chi connectivity index (χ0) is 16.9. The third-order valence-electron chi connectivity index (χ3n) is 4.85. The Bertz CT molecular complexity index is 656. The van der Waals surface area contributed by atoms with Crippen molar-refractivity contribution in [3.63, 3.8) is 0 Å². The van der Waals surface area contributed by atoms with E-state index in [0.29, 0.717) is 5.92 Å². The number of carbonyl (C=O) groups excluding carboxylic acids is 1. The number of likely N-dealkylation sites (tertiary alicyclic amines) is 1. The van der Waals surface area contributed by atoms with E-state index < -0.39 is 0 Å². The van der Waals surface area contributed by atoms with Crippen molar-refractivity contribution in [2.24, 2.45) is 11.8 Å². The van der Waals surface area contributed by atoms with Gasteiger partial charge in [0.25, 0.3) is 5.91 Å². The standard InChI is InChI=1S/C21H25NO2/c1-16(2)17-12-14-22(15-13-17)21(23)18-8-10-20(11-9-18)24-19-6-4-3-5-7-19/h3-11,16-17H,12-15H2,1-2H3. The minimum atomic E-state index is 0.128. The Hall–Kier alpha value is -2.29. The molecule has 0 aliphatic carbocycles. The van der Waals surface area contributed by atoms with Crippen LogP contribution >= 0.6 is 0 Å². The molecule has 3 heteroatoms. The number of carbonyl (C=O) groups is 1. The van der Waals surface area contributed by atoms with E-state index in [1.807, 2.05) is 59.5 Å². The summed E-state index contributed by atoms with van der Waals surface area (Å²) < 4.78 is 5.77. The monoisotopic (exact) mass is 323 g/mol. The van der Waals surface area contributed by atoms with Gasteiger partial charge in [-0.25, -0.2) is 0 Å². The number of amides is 1. The van der Waals surface area contributed by atoms with Crippen molar-refractivity contribution < 1.29 is 9.53 Å². The first-order chi connectivity index (χ1) is 11.6. The van der Waals surface area contributed by atoms with Crippen LogP contribution in [0, 0.1) is 11.8 Å². The fourth-order valence-electron chi connectivity index (χ4n) is 3.24. The normalized spacial score (nSPS) is 15.5. The second-order valence-electron chi connectivity index (χ2n) is 6.81. The van der Waals surface area contributed by atoms with E-state index in [-0.39, 0.29) is 5.91 Å². The van der Waals surface area contributed by atoms with E-state index in [4.69, 9.17) is 4.74 Å². The molecule has 126 valence electrons. The van der Waals surface area contributed by atoms with Gasteiger partial charge in [-0.3, -0.25) is 4.79 Å².